The SMILES string of the molecule is COc1cc(NC(=O)c2ccc(Br)s2)ccc1F. The van der Waals surface area contributed by atoms with E-state index in [1.54, 1.807) is 12.1 Å². The molecule has 1 amide bonds. The Morgan fingerprint density at radius 2 is 2.17 bits per heavy atom. The molecule has 2 aromatic rings. The molecule has 0 saturated carbocycles. The highest BCUT2D eigenvalue weighted by Crippen LogP contribution is 2.25. The Labute approximate surface area is 116 Å². The number of amides is 1. The largest absolute Gasteiger partial charge is 0.494 e. The predicted octanol–water partition coefficient (Wildman–Crippen LogP) is 3.91. The molecule has 1 aromatic heterocycles. The first kappa shape index (κ1) is 13.0. The van der Waals surface area contributed by atoms with E-state index in [1.807, 2.05) is 0 Å². The third-order valence-corrected chi connectivity index (χ3v) is 3.83. The number of benzene rings is 1. The van der Waals surface area contributed by atoms with E-state index >= 15 is 0 Å². The summed E-state index contributed by atoms with van der Waals surface area (Å²) in [6.07, 6.45) is 0. The predicted molar refractivity (Wildman–Crippen MR) is 72.9 cm³/mol. The molecule has 94 valence electrons. The topological polar surface area (TPSA) is 38.3 Å². The van der Waals surface area contributed by atoms with Gasteiger partial charge in [0.1, 0.15) is 0 Å². The summed E-state index contributed by atoms with van der Waals surface area (Å²) in [5, 5.41) is 2.68. The lowest BCUT2D eigenvalue weighted by molar-refractivity contribution is 0.103. The van der Waals surface area contributed by atoms with Crippen molar-refractivity contribution in [3.8, 4) is 5.75 Å². The van der Waals surface area contributed by atoms with Crippen molar-refractivity contribution in [3.63, 3.8) is 0 Å². The second-order valence-electron chi connectivity index (χ2n) is 3.41. The van der Waals surface area contributed by atoms with Crippen LogP contribution in [0, 0.1) is 5.82 Å². The molecule has 3 nitrogen and oxygen atoms in total. The molecule has 0 bridgehead atoms. The number of hydrogen-bond acceptors (Lipinski definition) is 3. The fourth-order valence-electron chi connectivity index (χ4n) is 1.37. The fraction of sp³-hybridized carbons (Fsp3) is 0.0833. The van der Waals surface area contributed by atoms with Crippen LogP contribution in [0.4, 0.5) is 10.1 Å². The van der Waals surface area contributed by atoms with Gasteiger partial charge in [-0.15, -0.1) is 11.3 Å². The number of methoxy groups -OCH3 is 1. The number of anilines is 1. The molecule has 0 fully saturated rings. The van der Waals surface area contributed by atoms with Crippen LogP contribution < -0.4 is 10.1 Å². The lowest BCUT2D eigenvalue weighted by Gasteiger charge is -2.06. The van der Waals surface area contributed by atoms with E-state index in [4.69, 9.17) is 4.74 Å². The van der Waals surface area contributed by atoms with Gasteiger partial charge in [-0.1, -0.05) is 0 Å². The maximum atomic E-state index is 13.2. The van der Waals surface area contributed by atoms with Crippen LogP contribution in [0.25, 0.3) is 0 Å². The van der Waals surface area contributed by atoms with Gasteiger partial charge < -0.3 is 10.1 Å². The molecular formula is C12H9BrFNO2S. The molecule has 18 heavy (non-hydrogen) atoms. The zero-order chi connectivity index (χ0) is 13.1. The molecule has 0 aliphatic heterocycles. The first-order valence-electron chi connectivity index (χ1n) is 5.00. The summed E-state index contributed by atoms with van der Waals surface area (Å²) in [5.41, 5.74) is 0.489. The summed E-state index contributed by atoms with van der Waals surface area (Å²) in [6.45, 7) is 0. The maximum Gasteiger partial charge on any atom is 0.265 e. The monoisotopic (exact) mass is 329 g/mol. The maximum absolute atomic E-state index is 13.2. The van der Waals surface area contributed by atoms with Crippen molar-refractivity contribution in [3.05, 3.63) is 44.8 Å². The number of hydrogen-bond donors (Lipinski definition) is 1. The van der Waals surface area contributed by atoms with Crippen molar-refractivity contribution in [2.24, 2.45) is 0 Å². The summed E-state index contributed by atoms with van der Waals surface area (Å²) in [4.78, 5) is 12.4. The minimum atomic E-state index is -0.464. The normalized spacial score (nSPS) is 10.2. The highest BCUT2D eigenvalue weighted by atomic mass is 79.9. The second-order valence-corrected chi connectivity index (χ2v) is 5.87. The number of carbonyl (C=O) groups is 1. The molecule has 0 spiro atoms. The van der Waals surface area contributed by atoms with Crippen molar-refractivity contribution in [1.29, 1.82) is 0 Å². The molecule has 0 atom stereocenters. The molecule has 1 aromatic carbocycles. The van der Waals surface area contributed by atoms with Gasteiger partial charge in [0.05, 0.1) is 15.8 Å². The van der Waals surface area contributed by atoms with Gasteiger partial charge in [0.15, 0.2) is 11.6 Å². The van der Waals surface area contributed by atoms with Crippen LogP contribution in [0.15, 0.2) is 34.1 Å². The minimum Gasteiger partial charge on any atom is -0.494 e. The Kier molecular flexibility index (Phi) is 3.98. The summed E-state index contributed by atoms with van der Waals surface area (Å²) in [7, 11) is 1.38. The molecule has 1 N–H and O–H groups in total. The molecule has 2 rings (SSSR count). The van der Waals surface area contributed by atoms with Crippen LogP contribution in [0.2, 0.25) is 0 Å². The smallest absolute Gasteiger partial charge is 0.265 e. The number of rotatable bonds is 3. The average molecular weight is 330 g/mol. The van der Waals surface area contributed by atoms with E-state index in [9.17, 15) is 9.18 Å². The molecule has 0 aliphatic rings. The van der Waals surface area contributed by atoms with Gasteiger partial charge in [-0.3, -0.25) is 4.79 Å². The molecule has 0 aliphatic carbocycles. The summed E-state index contributed by atoms with van der Waals surface area (Å²) in [5.74, 6) is -0.603. The van der Waals surface area contributed by atoms with Gasteiger partial charge in [0.25, 0.3) is 5.91 Å². The van der Waals surface area contributed by atoms with Gasteiger partial charge >= 0.3 is 0 Å². The summed E-state index contributed by atoms with van der Waals surface area (Å²) >= 11 is 4.61. The number of nitrogens with one attached hydrogen (secondary N) is 1. The highest BCUT2D eigenvalue weighted by molar-refractivity contribution is 9.11. The first-order chi connectivity index (χ1) is 8.60. The van der Waals surface area contributed by atoms with Crippen molar-refractivity contribution in [2.75, 3.05) is 12.4 Å². The van der Waals surface area contributed by atoms with E-state index in [0.29, 0.717) is 10.6 Å². The van der Waals surface area contributed by atoms with Gasteiger partial charge in [-0.05, 0) is 40.2 Å². The number of ether oxygens (including phenoxy) is 1. The summed E-state index contributed by atoms with van der Waals surface area (Å²) in [6, 6.07) is 7.68. The third-order valence-electron chi connectivity index (χ3n) is 2.21. The fourth-order valence-corrected chi connectivity index (χ4v) is 2.65. The third kappa shape index (κ3) is 2.88. The number of thiophene rings is 1. The van der Waals surface area contributed by atoms with Gasteiger partial charge in [-0.25, -0.2) is 4.39 Å². The Morgan fingerprint density at radius 1 is 1.39 bits per heavy atom. The highest BCUT2D eigenvalue weighted by Gasteiger charge is 2.10. The van der Waals surface area contributed by atoms with Crippen LogP contribution >= 0.6 is 27.3 Å². The lowest BCUT2D eigenvalue weighted by atomic mass is 10.3. The average Bonchev–Trinajstić information content (AvgIpc) is 2.78. The van der Waals surface area contributed by atoms with Gasteiger partial charge in [0.2, 0.25) is 0 Å². The minimum absolute atomic E-state index is 0.0974. The van der Waals surface area contributed by atoms with Crippen molar-refractivity contribution >= 4 is 38.9 Å². The van der Waals surface area contributed by atoms with Crippen LogP contribution in [0.1, 0.15) is 9.67 Å². The Hall–Kier alpha value is -1.40. The summed E-state index contributed by atoms with van der Waals surface area (Å²) < 4.78 is 18.9. The van der Waals surface area contributed by atoms with E-state index in [1.165, 1.54) is 36.6 Å². The van der Waals surface area contributed by atoms with E-state index in [2.05, 4.69) is 21.2 Å². The molecule has 0 radical (unpaired) electrons. The van der Waals surface area contributed by atoms with Crippen LogP contribution in [0.5, 0.6) is 5.75 Å². The Morgan fingerprint density at radius 3 is 2.78 bits per heavy atom. The lowest BCUT2D eigenvalue weighted by Crippen LogP contribution is -2.10. The molecular weight excluding hydrogens is 321 g/mol. The molecule has 1 heterocycles. The quantitative estimate of drug-likeness (QED) is 0.927. The second kappa shape index (κ2) is 5.49. The van der Waals surface area contributed by atoms with Crippen LogP contribution in [-0.4, -0.2) is 13.0 Å². The van der Waals surface area contributed by atoms with E-state index in [0.717, 1.165) is 3.79 Å². The zero-order valence-corrected chi connectivity index (χ0v) is 11.8. The van der Waals surface area contributed by atoms with E-state index < -0.39 is 5.82 Å². The number of halogens is 2. The van der Waals surface area contributed by atoms with Crippen molar-refractivity contribution in [1.82, 2.24) is 0 Å². The van der Waals surface area contributed by atoms with Gasteiger partial charge in [-0.2, -0.15) is 0 Å². The van der Waals surface area contributed by atoms with Crippen molar-refractivity contribution < 1.29 is 13.9 Å². The number of carbonyl (C=O) groups excluding carboxylic acids is 1. The zero-order valence-electron chi connectivity index (χ0n) is 9.37. The first-order valence-corrected chi connectivity index (χ1v) is 6.61. The van der Waals surface area contributed by atoms with E-state index in [-0.39, 0.29) is 11.7 Å². The molecule has 0 unspecified atom stereocenters. The van der Waals surface area contributed by atoms with Crippen LogP contribution in [0.3, 0.4) is 0 Å². The molecule has 0 saturated heterocycles. The van der Waals surface area contributed by atoms with Crippen molar-refractivity contribution in [2.45, 2.75) is 0 Å². The Bertz CT molecular complexity index is 585. The van der Waals surface area contributed by atoms with Gasteiger partial charge in [0, 0.05) is 11.8 Å². The van der Waals surface area contributed by atoms with Crippen LogP contribution in [-0.2, 0) is 0 Å². The molecule has 6 heteroatoms. The standard InChI is InChI=1S/C12H9BrFNO2S/c1-17-9-6-7(2-3-8(9)14)15-12(16)10-4-5-11(13)18-10/h2-6H,1H3,(H,15,16). The Balaban J connectivity index is 2.16.